The van der Waals surface area contributed by atoms with Crippen molar-refractivity contribution in [1.29, 1.82) is 0 Å². The first kappa shape index (κ1) is 17.7. The summed E-state index contributed by atoms with van der Waals surface area (Å²) in [5, 5.41) is 8.95. The van der Waals surface area contributed by atoms with E-state index in [1.54, 1.807) is 0 Å². The Morgan fingerprint density at radius 1 is 1.14 bits per heavy atom. The monoisotopic (exact) mass is 386 g/mol. The predicted octanol–water partition coefficient (Wildman–Crippen LogP) is 3.88. The molecular formula is C23H22N4O2. The van der Waals surface area contributed by atoms with Crippen LogP contribution in [0.25, 0.3) is 10.9 Å². The highest BCUT2D eigenvalue weighted by Crippen LogP contribution is 2.39. The molecular weight excluding hydrogens is 364 g/mol. The van der Waals surface area contributed by atoms with Crippen LogP contribution in [-0.4, -0.2) is 32.6 Å². The molecule has 4 aromatic rings. The quantitative estimate of drug-likeness (QED) is 0.580. The van der Waals surface area contributed by atoms with Crippen molar-refractivity contribution in [1.82, 2.24) is 20.2 Å². The molecule has 0 bridgehead atoms. The van der Waals surface area contributed by atoms with Gasteiger partial charge in [0.1, 0.15) is 11.4 Å². The van der Waals surface area contributed by atoms with Crippen LogP contribution in [0.15, 0.2) is 53.2 Å². The van der Waals surface area contributed by atoms with Crippen LogP contribution >= 0.6 is 0 Å². The molecule has 0 radical (unpaired) electrons. The molecule has 3 heterocycles. The van der Waals surface area contributed by atoms with Crippen LogP contribution in [-0.2, 0) is 17.6 Å². The van der Waals surface area contributed by atoms with Crippen LogP contribution in [0.4, 0.5) is 0 Å². The fourth-order valence-corrected chi connectivity index (χ4v) is 4.38. The lowest BCUT2D eigenvalue weighted by atomic mass is 9.90. The molecule has 1 aliphatic rings. The minimum atomic E-state index is -0.153. The molecule has 6 heteroatoms. The number of carbonyl (C=O) groups is 1. The lowest BCUT2D eigenvalue weighted by Gasteiger charge is -2.37. The minimum Gasteiger partial charge on any atom is -0.356 e. The first-order valence-electron chi connectivity index (χ1n) is 9.86. The zero-order chi connectivity index (χ0) is 20.0. The standard InChI is InChI=1S/C23H22N4O2/c1-14-7-3-4-8-16(14)23-22-18(17-9-5-6-10-19(17)24-22)11-12-27(23)21(28)13-20-15(2)25-29-26-20/h3-10,23-24H,11-13H2,1-2H3/t23-/m0/s1. The number of amides is 1. The normalized spacial score (nSPS) is 16.2. The molecule has 2 aromatic carbocycles. The second-order valence-corrected chi connectivity index (χ2v) is 7.63. The van der Waals surface area contributed by atoms with Gasteiger partial charge < -0.3 is 9.88 Å². The number of nitrogens with one attached hydrogen (secondary N) is 1. The average Bonchev–Trinajstić information content (AvgIpc) is 3.31. The number of H-pyrrole nitrogens is 1. The third-order valence-electron chi connectivity index (χ3n) is 5.90. The fourth-order valence-electron chi connectivity index (χ4n) is 4.38. The number of aryl methyl sites for hydroxylation is 2. The molecule has 6 nitrogen and oxygen atoms in total. The molecule has 5 rings (SSSR count). The van der Waals surface area contributed by atoms with E-state index in [0.29, 0.717) is 17.9 Å². The van der Waals surface area contributed by atoms with Gasteiger partial charge in [-0.2, -0.15) is 0 Å². The fraction of sp³-hybridized carbons (Fsp3) is 0.261. The van der Waals surface area contributed by atoms with Gasteiger partial charge in [-0.15, -0.1) is 0 Å². The Morgan fingerprint density at radius 3 is 2.72 bits per heavy atom. The number of aromatic amines is 1. The Morgan fingerprint density at radius 2 is 1.93 bits per heavy atom. The van der Waals surface area contributed by atoms with Crippen LogP contribution in [0, 0.1) is 13.8 Å². The Bertz CT molecular complexity index is 1210. The summed E-state index contributed by atoms with van der Waals surface area (Å²) >= 11 is 0. The van der Waals surface area contributed by atoms with E-state index in [1.165, 1.54) is 16.5 Å². The van der Waals surface area contributed by atoms with Crippen molar-refractivity contribution >= 4 is 16.8 Å². The molecule has 0 saturated heterocycles. The van der Waals surface area contributed by atoms with Crippen LogP contribution in [0.3, 0.4) is 0 Å². The molecule has 0 spiro atoms. The van der Waals surface area contributed by atoms with Gasteiger partial charge >= 0.3 is 0 Å². The number of carbonyl (C=O) groups excluding carboxylic acids is 1. The van der Waals surface area contributed by atoms with Gasteiger partial charge in [0.15, 0.2) is 0 Å². The largest absolute Gasteiger partial charge is 0.356 e. The number of aromatic nitrogens is 3. The molecule has 0 aliphatic carbocycles. The molecule has 1 atom stereocenters. The van der Waals surface area contributed by atoms with Gasteiger partial charge in [-0.1, -0.05) is 52.8 Å². The smallest absolute Gasteiger partial charge is 0.229 e. The molecule has 0 saturated carbocycles. The average molecular weight is 386 g/mol. The van der Waals surface area contributed by atoms with Crippen molar-refractivity contribution in [2.75, 3.05) is 6.54 Å². The first-order chi connectivity index (χ1) is 14.1. The molecule has 1 amide bonds. The van der Waals surface area contributed by atoms with E-state index in [0.717, 1.165) is 23.2 Å². The van der Waals surface area contributed by atoms with Crippen molar-refractivity contribution in [3.63, 3.8) is 0 Å². The van der Waals surface area contributed by atoms with Crippen molar-refractivity contribution in [3.05, 3.63) is 82.3 Å². The van der Waals surface area contributed by atoms with Gasteiger partial charge in [-0.25, -0.2) is 4.63 Å². The number of nitrogens with zero attached hydrogens (tertiary/aromatic N) is 3. The maximum absolute atomic E-state index is 13.3. The van der Waals surface area contributed by atoms with Crippen LogP contribution < -0.4 is 0 Å². The molecule has 146 valence electrons. The Labute approximate surface area is 168 Å². The summed E-state index contributed by atoms with van der Waals surface area (Å²) in [7, 11) is 0. The summed E-state index contributed by atoms with van der Waals surface area (Å²) in [5.41, 5.74) is 7.09. The highest BCUT2D eigenvalue weighted by atomic mass is 16.6. The number of fused-ring (bicyclic) bond motifs is 3. The second kappa shape index (κ2) is 6.88. The Hall–Kier alpha value is -3.41. The number of hydrogen-bond acceptors (Lipinski definition) is 4. The van der Waals surface area contributed by atoms with Crippen LogP contribution in [0.2, 0.25) is 0 Å². The van der Waals surface area contributed by atoms with E-state index in [1.807, 2.05) is 30.0 Å². The number of rotatable bonds is 3. The van der Waals surface area contributed by atoms with E-state index in [4.69, 9.17) is 4.63 Å². The van der Waals surface area contributed by atoms with Gasteiger partial charge in [0.25, 0.3) is 0 Å². The summed E-state index contributed by atoms with van der Waals surface area (Å²) in [4.78, 5) is 18.9. The molecule has 29 heavy (non-hydrogen) atoms. The third-order valence-corrected chi connectivity index (χ3v) is 5.90. The van der Waals surface area contributed by atoms with E-state index in [2.05, 4.69) is 52.6 Å². The molecule has 0 unspecified atom stereocenters. The van der Waals surface area contributed by atoms with Crippen molar-refractivity contribution < 1.29 is 9.42 Å². The van der Waals surface area contributed by atoms with E-state index in [9.17, 15) is 4.79 Å². The SMILES string of the molecule is Cc1ccccc1[C@H]1c2[nH]c3ccccc3c2CCN1C(=O)Cc1nonc1C. The third kappa shape index (κ3) is 2.92. The Balaban J connectivity index is 1.62. The molecule has 0 fully saturated rings. The highest BCUT2D eigenvalue weighted by Gasteiger charge is 2.35. The van der Waals surface area contributed by atoms with Crippen LogP contribution in [0.5, 0.6) is 0 Å². The topological polar surface area (TPSA) is 75.0 Å². The van der Waals surface area contributed by atoms with Gasteiger partial charge in [0.2, 0.25) is 5.91 Å². The first-order valence-corrected chi connectivity index (χ1v) is 9.86. The zero-order valence-electron chi connectivity index (χ0n) is 16.5. The van der Waals surface area contributed by atoms with Gasteiger partial charge in [-0.3, -0.25) is 4.79 Å². The van der Waals surface area contributed by atoms with E-state index < -0.39 is 0 Å². The van der Waals surface area contributed by atoms with E-state index >= 15 is 0 Å². The molecule has 1 aliphatic heterocycles. The lowest BCUT2D eigenvalue weighted by molar-refractivity contribution is -0.132. The van der Waals surface area contributed by atoms with E-state index in [-0.39, 0.29) is 18.4 Å². The molecule has 1 N–H and O–H groups in total. The van der Waals surface area contributed by atoms with Crippen molar-refractivity contribution in [2.45, 2.75) is 32.7 Å². The summed E-state index contributed by atoms with van der Waals surface area (Å²) in [5.74, 6) is 0.0290. The number of para-hydroxylation sites is 1. The van der Waals surface area contributed by atoms with Gasteiger partial charge in [-0.05, 0) is 43.0 Å². The van der Waals surface area contributed by atoms with Gasteiger partial charge in [0.05, 0.1) is 12.5 Å². The highest BCUT2D eigenvalue weighted by molar-refractivity contribution is 5.87. The van der Waals surface area contributed by atoms with Crippen molar-refractivity contribution in [3.8, 4) is 0 Å². The predicted molar refractivity (Wildman–Crippen MR) is 109 cm³/mol. The number of hydrogen-bond donors (Lipinski definition) is 1. The van der Waals surface area contributed by atoms with Gasteiger partial charge in [0, 0.05) is 23.1 Å². The summed E-state index contributed by atoms with van der Waals surface area (Å²) < 4.78 is 4.78. The Kier molecular flexibility index (Phi) is 4.19. The lowest BCUT2D eigenvalue weighted by Crippen LogP contribution is -2.41. The summed E-state index contributed by atoms with van der Waals surface area (Å²) in [6, 6.07) is 16.5. The summed E-state index contributed by atoms with van der Waals surface area (Å²) in [6.45, 7) is 4.57. The molecule has 2 aromatic heterocycles. The minimum absolute atomic E-state index is 0.0290. The van der Waals surface area contributed by atoms with Crippen molar-refractivity contribution in [2.24, 2.45) is 0 Å². The maximum atomic E-state index is 13.3. The zero-order valence-corrected chi connectivity index (χ0v) is 16.5. The second-order valence-electron chi connectivity index (χ2n) is 7.63. The van der Waals surface area contributed by atoms with Crippen LogP contribution in [0.1, 0.15) is 39.8 Å². The summed E-state index contributed by atoms with van der Waals surface area (Å²) in [6.07, 6.45) is 1.01. The maximum Gasteiger partial charge on any atom is 0.229 e. The number of benzene rings is 2.